The van der Waals surface area contributed by atoms with Crippen LogP contribution >= 0.6 is 22.9 Å². The van der Waals surface area contributed by atoms with E-state index in [2.05, 4.69) is 0 Å². The van der Waals surface area contributed by atoms with E-state index in [1.165, 1.54) is 35.1 Å². The number of hydrogen-bond acceptors (Lipinski definition) is 4. The molecule has 5 nitrogen and oxygen atoms in total. The van der Waals surface area contributed by atoms with Crippen molar-refractivity contribution in [3.05, 3.63) is 91.2 Å². The molecular weight excluding hydrogens is 403 g/mol. The Balaban J connectivity index is 2.01. The highest BCUT2D eigenvalue weighted by atomic mass is 35.5. The fourth-order valence-corrected chi connectivity index (χ4v) is 4.11. The monoisotopic (exact) mass is 416 g/mol. The zero-order valence-corrected chi connectivity index (χ0v) is 16.3. The number of thiophene rings is 1. The molecule has 0 aliphatic heterocycles. The standard InChI is InChI=1S/C20H14ClFN2O3S/c1-27-13-5-2-4-12(10-13)24-19(25)18-17(8-9-28-18)23(20(24)26)11-14-15(21)6-3-7-16(14)22/h2-10H,11H2,1H3. The summed E-state index contributed by atoms with van der Waals surface area (Å²) in [6.45, 7) is -0.0954. The van der Waals surface area contributed by atoms with E-state index in [0.717, 1.165) is 4.57 Å². The number of ether oxygens (including phenoxy) is 1. The molecule has 2 heterocycles. The Morgan fingerprint density at radius 2 is 1.93 bits per heavy atom. The van der Waals surface area contributed by atoms with Crippen LogP contribution in [-0.4, -0.2) is 16.2 Å². The first-order valence-electron chi connectivity index (χ1n) is 8.31. The summed E-state index contributed by atoms with van der Waals surface area (Å²) >= 11 is 7.37. The summed E-state index contributed by atoms with van der Waals surface area (Å²) in [5.74, 6) is 0.000634. The second-order valence-corrected chi connectivity index (χ2v) is 7.37. The van der Waals surface area contributed by atoms with Crippen molar-refractivity contribution in [3.63, 3.8) is 0 Å². The molecule has 0 N–H and O–H groups in total. The second kappa shape index (κ2) is 7.26. The summed E-state index contributed by atoms with van der Waals surface area (Å²) in [4.78, 5) is 26.2. The van der Waals surface area contributed by atoms with Crippen LogP contribution in [0.4, 0.5) is 4.39 Å². The number of rotatable bonds is 4. The van der Waals surface area contributed by atoms with Crippen molar-refractivity contribution >= 4 is 33.2 Å². The lowest BCUT2D eigenvalue weighted by Crippen LogP contribution is -2.38. The molecule has 0 saturated carbocycles. The van der Waals surface area contributed by atoms with Crippen LogP contribution < -0.4 is 16.0 Å². The summed E-state index contributed by atoms with van der Waals surface area (Å²) in [5.41, 5.74) is -0.00582. The number of halogens is 2. The SMILES string of the molecule is COc1cccc(-n2c(=O)c3sccc3n(Cc3c(F)cccc3Cl)c2=O)c1. The molecule has 2 aromatic heterocycles. The summed E-state index contributed by atoms with van der Waals surface area (Å²) in [6, 6.07) is 12.7. The van der Waals surface area contributed by atoms with Crippen molar-refractivity contribution in [2.24, 2.45) is 0 Å². The van der Waals surface area contributed by atoms with Crippen molar-refractivity contribution < 1.29 is 9.13 Å². The molecule has 2 aromatic carbocycles. The lowest BCUT2D eigenvalue weighted by molar-refractivity contribution is 0.414. The van der Waals surface area contributed by atoms with E-state index in [4.69, 9.17) is 16.3 Å². The van der Waals surface area contributed by atoms with Gasteiger partial charge in [-0.15, -0.1) is 11.3 Å². The van der Waals surface area contributed by atoms with E-state index in [0.29, 0.717) is 21.7 Å². The fourth-order valence-electron chi connectivity index (χ4n) is 3.06. The third-order valence-electron chi connectivity index (χ3n) is 4.44. The molecule has 0 unspecified atom stereocenters. The van der Waals surface area contributed by atoms with Crippen LogP contribution in [0.5, 0.6) is 5.75 Å². The largest absolute Gasteiger partial charge is 0.497 e. The van der Waals surface area contributed by atoms with Gasteiger partial charge >= 0.3 is 5.69 Å². The second-order valence-electron chi connectivity index (χ2n) is 6.05. The Morgan fingerprint density at radius 3 is 2.68 bits per heavy atom. The van der Waals surface area contributed by atoms with Crippen LogP contribution in [0.2, 0.25) is 5.02 Å². The first-order chi connectivity index (χ1) is 13.5. The lowest BCUT2D eigenvalue weighted by atomic mass is 10.2. The van der Waals surface area contributed by atoms with Gasteiger partial charge in [0, 0.05) is 16.7 Å². The zero-order valence-electron chi connectivity index (χ0n) is 14.7. The van der Waals surface area contributed by atoms with E-state index in [9.17, 15) is 14.0 Å². The minimum Gasteiger partial charge on any atom is -0.497 e. The Labute approximate surface area is 167 Å². The van der Waals surface area contributed by atoms with Crippen molar-refractivity contribution in [1.82, 2.24) is 9.13 Å². The average Bonchev–Trinajstić information content (AvgIpc) is 3.17. The Bertz CT molecular complexity index is 1290. The topological polar surface area (TPSA) is 53.2 Å². The summed E-state index contributed by atoms with van der Waals surface area (Å²) in [7, 11) is 1.50. The van der Waals surface area contributed by atoms with Crippen LogP contribution in [0, 0.1) is 5.82 Å². The van der Waals surface area contributed by atoms with Crippen molar-refractivity contribution in [2.45, 2.75) is 6.54 Å². The third kappa shape index (κ3) is 3.02. The molecule has 4 aromatic rings. The van der Waals surface area contributed by atoms with E-state index < -0.39 is 17.1 Å². The van der Waals surface area contributed by atoms with Gasteiger partial charge in [0.05, 0.1) is 24.9 Å². The maximum Gasteiger partial charge on any atom is 0.336 e. The number of fused-ring (bicyclic) bond motifs is 1. The number of benzene rings is 2. The molecule has 142 valence electrons. The van der Waals surface area contributed by atoms with Gasteiger partial charge in [-0.2, -0.15) is 0 Å². The third-order valence-corrected chi connectivity index (χ3v) is 5.69. The highest BCUT2D eigenvalue weighted by molar-refractivity contribution is 7.17. The van der Waals surface area contributed by atoms with Gasteiger partial charge in [-0.05, 0) is 35.7 Å². The summed E-state index contributed by atoms with van der Waals surface area (Å²) < 4.78 is 22.3. The predicted octanol–water partition coefficient (Wildman–Crippen LogP) is 4.06. The molecule has 0 spiro atoms. The molecule has 0 radical (unpaired) electrons. The maximum absolute atomic E-state index is 14.3. The molecule has 0 fully saturated rings. The molecule has 0 bridgehead atoms. The molecule has 0 atom stereocenters. The lowest BCUT2D eigenvalue weighted by Gasteiger charge is -2.14. The number of hydrogen-bond donors (Lipinski definition) is 0. The van der Waals surface area contributed by atoms with Crippen LogP contribution in [0.25, 0.3) is 15.9 Å². The quantitative estimate of drug-likeness (QED) is 0.504. The van der Waals surface area contributed by atoms with Crippen molar-refractivity contribution in [1.29, 1.82) is 0 Å². The number of nitrogens with zero attached hydrogens (tertiary/aromatic N) is 2. The number of methoxy groups -OCH3 is 1. The van der Waals surface area contributed by atoms with Gasteiger partial charge < -0.3 is 4.74 Å². The smallest absolute Gasteiger partial charge is 0.336 e. The highest BCUT2D eigenvalue weighted by Gasteiger charge is 2.18. The predicted molar refractivity (Wildman–Crippen MR) is 109 cm³/mol. The molecule has 28 heavy (non-hydrogen) atoms. The van der Waals surface area contributed by atoms with Gasteiger partial charge in [-0.3, -0.25) is 9.36 Å². The number of aromatic nitrogens is 2. The highest BCUT2D eigenvalue weighted by Crippen LogP contribution is 2.23. The Kier molecular flexibility index (Phi) is 4.78. The normalized spacial score (nSPS) is 11.1. The minimum absolute atomic E-state index is 0.0954. The average molecular weight is 417 g/mol. The zero-order chi connectivity index (χ0) is 19.8. The molecular formula is C20H14ClFN2O3S. The van der Waals surface area contributed by atoms with Gasteiger partial charge in [0.15, 0.2) is 0 Å². The first-order valence-corrected chi connectivity index (χ1v) is 9.57. The minimum atomic E-state index is -0.580. The molecule has 0 aliphatic carbocycles. The van der Waals surface area contributed by atoms with Gasteiger partial charge in [0.25, 0.3) is 5.56 Å². The van der Waals surface area contributed by atoms with E-state index in [-0.39, 0.29) is 17.1 Å². The Hall–Kier alpha value is -2.90. The molecule has 8 heteroatoms. The maximum atomic E-state index is 14.3. The van der Waals surface area contributed by atoms with E-state index in [1.54, 1.807) is 41.8 Å². The first kappa shape index (κ1) is 18.5. The van der Waals surface area contributed by atoms with Gasteiger partial charge in [-0.1, -0.05) is 23.7 Å². The van der Waals surface area contributed by atoms with Crippen LogP contribution in [0.15, 0.2) is 63.5 Å². The molecule has 4 rings (SSSR count). The van der Waals surface area contributed by atoms with Gasteiger partial charge in [-0.25, -0.2) is 13.8 Å². The van der Waals surface area contributed by atoms with Crippen molar-refractivity contribution in [3.8, 4) is 11.4 Å². The van der Waals surface area contributed by atoms with E-state index in [1.807, 2.05) is 0 Å². The summed E-state index contributed by atoms with van der Waals surface area (Å²) in [6.07, 6.45) is 0. The van der Waals surface area contributed by atoms with Gasteiger partial charge in [0.2, 0.25) is 0 Å². The molecule has 0 saturated heterocycles. The fraction of sp³-hybridized carbons (Fsp3) is 0.100. The Morgan fingerprint density at radius 1 is 1.14 bits per heavy atom. The van der Waals surface area contributed by atoms with Crippen LogP contribution in [0.1, 0.15) is 5.56 Å². The molecule has 0 amide bonds. The molecule has 0 aliphatic rings. The van der Waals surface area contributed by atoms with E-state index >= 15 is 0 Å². The summed E-state index contributed by atoms with van der Waals surface area (Å²) in [5, 5.41) is 1.94. The van der Waals surface area contributed by atoms with Crippen LogP contribution in [0.3, 0.4) is 0 Å². The van der Waals surface area contributed by atoms with Crippen molar-refractivity contribution in [2.75, 3.05) is 7.11 Å². The van der Waals surface area contributed by atoms with Gasteiger partial charge in [0.1, 0.15) is 16.3 Å². The van der Waals surface area contributed by atoms with Crippen LogP contribution in [-0.2, 0) is 6.54 Å².